The third kappa shape index (κ3) is 2.17. The highest BCUT2D eigenvalue weighted by Crippen LogP contribution is 2.24. The van der Waals surface area contributed by atoms with Gasteiger partial charge in [-0.1, -0.05) is 20.3 Å². The summed E-state index contributed by atoms with van der Waals surface area (Å²) < 4.78 is 0. The smallest absolute Gasteiger partial charge is 0.227 e. The van der Waals surface area contributed by atoms with Crippen LogP contribution in [0.3, 0.4) is 0 Å². The van der Waals surface area contributed by atoms with Crippen LogP contribution in [-0.2, 0) is 4.79 Å². The predicted octanol–water partition coefficient (Wildman–Crippen LogP) is 1.10. The number of rotatable bonds is 2. The van der Waals surface area contributed by atoms with E-state index in [1.807, 2.05) is 0 Å². The first-order valence-corrected chi connectivity index (χ1v) is 6.22. The lowest BCUT2D eigenvalue weighted by Crippen LogP contribution is -2.37. The SMILES string of the molecule is CCC1CCN(C(=O)[C@@H]2CNC[C@H]2C)C1. The molecule has 2 saturated heterocycles. The molecule has 0 aliphatic carbocycles. The van der Waals surface area contributed by atoms with Crippen LogP contribution in [0.1, 0.15) is 26.7 Å². The number of hydrogen-bond donors (Lipinski definition) is 1. The summed E-state index contributed by atoms with van der Waals surface area (Å²) in [5.41, 5.74) is 0. The van der Waals surface area contributed by atoms with Crippen molar-refractivity contribution >= 4 is 5.91 Å². The van der Waals surface area contributed by atoms with E-state index in [4.69, 9.17) is 0 Å². The molecular weight excluding hydrogens is 188 g/mol. The average Bonchev–Trinajstić information content (AvgIpc) is 2.84. The summed E-state index contributed by atoms with van der Waals surface area (Å²) in [4.78, 5) is 14.3. The van der Waals surface area contributed by atoms with Crippen LogP contribution in [0.4, 0.5) is 0 Å². The van der Waals surface area contributed by atoms with Crippen molar-refractivity contribution in [1.29, 1.82) is 0 Å². The monoisotopic (exact) mass is 210 g/mol. The molecule has 3 atom stereocenters. The summed E-state index contributed by atoms with van der Waals surface area (Å²) in [6, 6.07) is 0. The van der Waals surface area contributed by atoms with Crippen LogP contribution in [0.15, 0.2) is 0 Å². The van der Waals surface area contributed by atoms with Crippen molar-refractivity contribution in [1.82, 2.24) is 10.2 Å². The van der Waals surface area contributed by atoms with Crippen molar-refractivity contribution in [2.45, 2.75) is 26.7 Å². The largest absolute Gasteiger partial charge is 0.342 e. The predicted molar refractivity (Wildman–Crippen MR) is 60.5 cm³/mol. The van der Waals surface area contributed by atoms with Crippen LogP contribution in [0.5, 0.6) is 0 Å². The van der Waals surface area contributed by atoms with Crippen molar-refractivity contribution in [3.05, 3.63) is 0 Å². The number of nitrogens with zero attached hydrogens (tertiary/aromatic N) is 1. The van der Waals surface area contributed by atoms with Crippen LogP contribution in [0.25, 0.3) is 0 Å². The van der Waals surface area contributed by atoms with Gasteiger partial charge in [0.1, 0.15) is 0 Å². The first-order chi connectivity index (χ1) is 7.22. The van der Waals surface area contributed by atoms with Crippen LogP contribution >= 0.6 is 0 Å². The van der Waals surface area contributed by atoms with Gasteiger partial charge in [0, 0.05) is 19.6 Å². The van der Waals surface area contributed by atoms with E-state index in [1.54, 1.807) is 0 Å². The van der Waals surface area contributed by atoms with E-state index >= 15 is 0 Å². The van der Waals surface area contributed by atoms with E-state index in [0.29, 0.717) is 11.8 Å². The Labute approximate surface area is 92.2 Å². The molecule has 0 aromatic heterocycles. The Morgan fingerprint density at radius 1 is 1.47 bits per heavy atom. The Morgan fingerprint density at radius 3 is 2.80 bits per heavy atom. The molecule has 1 N–H and O–H groups in total. The van der Waals surface area contributed by atoms with E-state index < -0.39 is 0 Å². The van der Waals surface area contributed by atoms with Crippen LogP contribution in [0.2, 0.25) is 0 Å². The zero-order valence-electron chi connectivity index (χ0n) is 9.83. The second-order valence-electron chi connectivity index (χ2n) is 5.09. The Kier molecular flexibility index (Phi) is 3.29. The summed E-state index contributed by atoms with van der Waals surface area (Å²) in [6.07, 6.45) is 2.42. The van der Waals surface area contributed by atoms with Crippen LogP contribution in [0, 0.1) is 17.8 Å². The van der Waals surface area contributed by atoms with Gasteiger partial charge in [0.2, 0.25) is 5.91 Å². The Bertz CT molecular complexity index is 242. The Balaban J connectivity index is 1.91. The molecule has 2 heterocycles. The second kappa shape index (κ2) is 4.52. The molecule has 3 nitrogen and oxygen atoms in total. The normalized spacial score (nSPS) is 36.1. The minimum atomic E-state index is 0.237. The third-order valence-corrected chi connectivity index (χ3v) is 4.01. The van der Waals surface area contributed by atoms with Crippen molar-refractivity contribution in [2.75, 3.05) is 26.2 Å². The van der Waals surface area contributed by atoms with Gasteiger partial charge >= 0.3 is 0 Å². The Hall–Kier alpha value is -0.570. The number of hydrogen-bond acceptors (Lipinski definition) is 2. The zero-order chi connectivity index (χ0) is 10.8. The van der Waals surface area contributed by atoms with Crippen LogP contribution in [-0.4, -0.2) is 37.0 Å². The van der Waals surface area contributed by atoms with Gasteiger partial charge in [0.25, 0.3) is 0 Å². The van der Waals surface area contributed by atoms with Gasteiger partial charge in [-0.05, 0) is 24.8 Å². The topological polar surface area (TPSA) is 32.3 Å². The van der Waals surface area contributed by atoms with E-state index in [9.17, 15) is 4.79 Å². The maximum Gasteiger partial charge on any atom is 0.227 e. The van der Waals surface area contributed by atoms with Gasteiger partial charge < -0.3 is 10.2 Å². The highest BCUT2D eigenvalue weighted by molar-refractivity contribution is 5.80. The molecule has 2 rings (SSSR count). The summed E-state index contributed by atoms with van der Waals surface area (Å²) in [6.45, 7) is 8.27. The molecular formula is C12H22N2O. The number of likely N-dealkylation sites (tertiary alicyclic amines) is 1. The van der Waals surface area contributed by atoms with Gasteiger partial charge in [-0.2, -0.15) is 0 Å². The second-order valence-corrected chi connectivity index (χ2v) is 5.09. The zero-order valence-corrected chi connectivity index (χ0v) is 9.83. The standard InChI is InChI=1S/C12H22N2O/c1-3-10-4-5-14(8-10)12(15)11-7-13-6-9(11)2/h9-11,13H,3-8H2,1-2H3/t9-,10?,11-/m1/s1. The van der Waals surface area contributed by atoms with Gasteiger partial charge in [0.05, 0.1) is 5.92 Å². The van der Waals surface area contributed by atoms with Crippen molar-refractivity contribution in [3.63, 3.8) is 0 Å². The number of amides is 1. The minimum absolute atomic E-state index is 0.237. The first kappa shape index (κ1) is 10.9. The molecule has 0 aromatic carbocycles. The van der Waals surface area contributed by atoms with Crippen LogP contribution < -0.4 is 5.32 Å². The number of carbonyl (C=O) groups is 1. The van der Waals surface area contributed by atoms with E-state index in [2.05, 4.69) is 24.1 Å². The van der Waals surface area contributed by atoms with E-state index in [-0.39, 0.29) is 5.92 Å². The first-order valence-electron chi connectivity index (χ1n) is 6.22. The highest BCUT2D eigenvalue weighted by Gasteiger charge is 2.35. The minimum Gasteiger partial charge on any atom is -0.342 e. The third-order valence-electron chi connectivity index (χ3n) is 4.01. The Morgan fingerprint density at radius 2 is 2.27 bits per heavy atom. The molecule has 15 heavy (non-hydrogen) atoms. The van der Waals surface area contributed by atoms with Gasteiger partial charge in [-0.3, -0.25) is 4.79 Å². The lowest BCUT2D eigenvalue weighted by Gasteiger charge is -2.22. The molecule has 0 saturated carbocycles. The highest BCUT2D eigenvalue weighted by atomic mass is 16.2. The van der Waals surface area contributed by atoms with Crippen molar-refractivity contribution in [3.8, 4) is 0 Å². The lowest BCUT2D eigenvalue weighted by molar-refractivity contribution is -0.135. The molecule has 0 radical (unpaired) electrons. The van der Waals surface area contributed by atoms with Crippen molar-refractivity contribution < 1.29 is 4.79 Å². The molecule has 1 unspecified atom stereocenters. The van der Waals surface area contributed by atoms with Crippen molar-refractivity contribution in [2.24, 2.45) is 17.8 Å². The molecule has 2 aliphatic rings. The molecule has 86 valence electrons. The van der Waals surface area contributed by atoms with Gasteiger partial charge in [-0.15, -0.1) is 0 Å². The van der Waals surface area contributed by atoms with Gasteiger partial charge in [0.15, 0.2) is 0 Å². The lowest BCUT2D eigenvalue weighted by atomic mass is 9.97. The summed E-state index contributed by atoms with van der Waals surface area (Å²) >= 11 is 0. The fraction of sp³-hybridized carbons (Fsp3) is 0.917. The molecule has 2 fully saturated rings. The van der Waals surface area contributed by atoms with Gasteiger partial charge in [-0.25, -0.2) is 0 Å². The maximum atomic E-state index is 12.2. The summed E-state index contributed by atoms with van der Waals surface area (Å²) in [5, 5.41) is 3.30. The number of carbonyl (C=O) groups excluding carboxylic acids is 1. The molecule has 3 heteroatoms. The molecule has 0 bridgehead atoms. The molecule has 2 aliphatic heterocycles. The number of nitrogens with one attached hydrogen (secondary N) is 1. The summed E-state index contributed by atoms with van der Waals surface area (Å²) in [5.74, 6) is 1.89. The van der Waals surface area contributed by atoms with E-state index in [0.717, 1.165) is 32.1 Å². The maximum absolute atomic E-state index is 12.2. The van der Waals surface area contributed by atoms with E-state index in [1.165, 1.54) is 12.8 Å². The summed E-state index contributed by atoms with van der Waals surface area (Å²) in [7, 11) is 0. The molecule has 0 spiro atoms. The quantitative estimate of drug-likeness (QED) is 0.740. The molecule has 0 aromatic rings. The fourth-order valence-corrected chi connectivity index (χ4v) is 2.74. The average molecular weight is 210 g/mol. The fourth-order valence-electron chi connectivity index (χ4n) is 2.74. The molecule has 1 amide bonds.